The maximum Gasteiger partial charge on any atom is 0.415 e. The summed E-state index contributed by atoms with van der Waals surface area (Å²) in [4.78, 5) is 16.3. The number of hydrogen-bond acceptors (Lipinski definition) is 4. The van der Waals surface area contributed by atoms with Crippen molar-refractivity contribution in [2.45, 2.75) is 0 Å². The average molecular weight is 458 g/mol. The highest BCUT2D eigenvalue weighted by atomic mass is 127. The second-order valence-electron chi connectivity index (χ2n) is 5.48. The van der Waals surface area contributed by atoms with Crippen LogP contribution in [0.25, 0.3) is 0 Å². The van der Waals surface area contributed by atoms with Crippen molar-refractivity contribution < 1.29 is 9.53 Å². The molecule has 7 heteroatoms. The number of ether oxygens (including phenoxy) is 1. The summed E-state index contributed by atoms with van der Waals surface area (Å²) in [5.74, 6) is 0.422. The SMILES string of the molecule is Nc1ccc(N2CCN(C(=O)Oc3c(Cl)cccc3I)CC2)cc1. The Labute approximate surface area is 159 Å². The first-order chi connectivity index (χ1) is 11.5. The third kappa shape index (κ3) is 3.87. The van der Waals surface area contributed by atoms with E-state index >= 15 is 0 Å². The van der Waals surface area contributed by atoms with Crippen LogP contribution in [-0.2, 0) is 0 Å². The molecule has 1 aliphatic heterocycles. The van der Waals surface area contributed by atoms with E-state index in [2.05, 4.69) is 27.5 Å². The molecule has 1 aliphatic rings. The topological polar surface area (TPSA) is 58.8 Å². The van der Waals surface area contributed by atoms with Crippen molar-refractivity contribution in [3.8, 4) is 5.75 Å². The lowest BCUT2D eigenvalue weighted by Crippen LogP contribution is -2.49. The Bertz CT molecular complexity index is 711. The molecule has 1 saturated heterocycles. The van der Waals surface area contributed by atoms with Crippen LogP contribution in [0.1, 0.15) is 0 Å². The van der Waals surface area contributed by atoms with Crippen LogP contribution in [0.15, 0.2) is 42.5 Å². The van der Waals surface area contributed by atoms with Gasteiger partial charge in [0.05, 0.1) is 8.59 Å². The minimum Gasteiger partial charge on any atom is -0.407 e. The third-order valence-corrected chi connectivity index (χ3v) is 5.05. The number of halogens is 2. The van der Waals surface area contributed by atoms with E-state index in [9.17, 15) is 4.79 Å². The molecule has 2 N–H and O–H groups in total. The smallest absolute Gasteiger partial charge is 0.407 e. The van der Waals surface area contributed by atoms with Crippen molar-refractivity contribution in [1.29, 1.82) is 0 Å². The number of rotatable bonds is 2. The molecule has 0 aromatic heterocycles. The molecule has 3 rings (SSSR count). The van der Waals surface area contributed by atoms with Crippen LogP contribution in [0.2, 0.25) is 5.02 Å². The van der Waals surface area contributed by atoms with E-state index in [1.54, 1.807) is 11.0 Å². The van der Waals surface area contributed by atoms with Gasteiger partial charge in [-0.05, 0) is 59.0 Å². The standard InChI is InChI=1S/C17H17ClIN3O2/c18-14-2-1-3-15(19)16(14)24-17(23)22-10-8-21(9-11-22)13-6-4-12(20)5-7-13/h1-7H,8-11,20H2. The van der Waals surface area contributed by atoms with Crippen molar-refractivity contribution in [2.24, 2.45) is 0 Å². The van der Waals surface area contributed by atoms with Gasteiger partial charge in [-0.3, -0.25) is 0 Å². The molecule has 126 valence electrons. The summed E-state index contributed by atoms with van der Waals surface area (Å²) in [6, 6.07) is 13.2. The summed E-state index contributed by atoms with van der Waals surface area (Å²) in [6.45, 7) is 2.70. The van der Waals surface area contributed by atoms with Gasteiger partial charge in [0, 0.05) is 37.6 Å². The molecular formula is C17H17ClIN3O2. The fourth-order valence-corrected chi connectivity index (χ4v) is 3.55. The van der Waals surface area contributed by atoms with Gasteiger partial charge in [0.1, 0.15) is 0 Å². The van der Waals surface area contributed by atoms with E-state index in [1.165, 1.54) is 0 Å². The lowest BCUT2D eigenvalue weighted by atomic mass is 10.2. The first-order valence-corrected chi connectivity index (χ1v) is 9.01. The molecule has 0 unspecified atom stereocenters. The van der Waals surface area contributed by atoms with Gasteiger partial charge in [0.15, 0.2) is 5.75 Å². The highest BCUT2D eigenvalue weighted by molar-refractivity contribution is 14.1. The van der Waals surface area contributed by atoms with Crippen molar-refractivity contribution in [3.63, 3.8) is 0 Å². The van der Waals surface area contributed by atoms with Crippen LogP contribution < -0.4 is 15.4 Å². The molecule has 0 atom stereocenters. The molecule has 0 spiro atoms. The average Bonchev–Trinajstić information content (AvgIpc) is 2.59. The number of nitrogens with zero attached hydrogens (tertiary/aromatic N) is 2. The zero-order valence-corrected chi connectivity index (χ0v) is 15.8. The molecule has 0 aliphatic carbocycles. The van der Waals surface area contributed by atoms with Crippen molar-refractivity contribution in [3.05, 3.63) is 51.1 Å². The molecule has 2 aromatic carbocycles. The Morgan fingerprint density at radius 1 is 1.08 bits per heavy atom. The minimum absolute atomic E-state index is 0.363. The number of anilines is 2. The van der Waals surface area contributed by atoms with Gasteiger partial charge in [-0.1, -0.05) is 17.7 Å². The van der Waals surface area contributed by atoms with E-state index in [0.717, 1.165) is 28.0 Å². The lowest BCUT2D eigenvalue weighted by Gasteiger charge is -2.35. The summed E-state index contributed by atoms with van der Waals surface area (Å²) >= 11 is 8.21. The quantitative estimate of drug-likeness (QED) is 0.550. The Kier molecular flexibility index (Phi) is 5.35. The van der Waals surface area contributed by atoms with Crippen LogP contribution in [0.4, 0.5) is 16.2 Å². The van der Waals surface area contributed by atoms with E-state index in [0.29, 0.717) is 23.9 Å². The van der Waals surface area contributed by atoms with Crippen molar-refractivity contribution in [2.75, 3.05) is 36.8 Å². The van der Waals surface area contributed by atoms with Crippen LogP contribution in [0.5, 0.6) is 5.75 Å². The maximum atomic E-state index is 12.4. The van der Waals surface area contributed by atoms with Gasteiger partial charge < -0.3 is 20.3 Å². The molecule has 0 saturated carbocycles. The molecule has 2 aromatic rings. The van der Waals surface area contributed by atoms with E-state index in [1.807, 2.05) is 36.4 Å². The molecule has 1 fully saturated rings. The predicted octanol–water partition coefficient (Wildman–Crippen LogP) is 3.85. The van der Waals surface area contributed by atoms with E-state index < -0.39 is 0 Å². The summed E-state index contributed by atoms with van der Waals surface area (Å²) < 4.78 is 6.30. The number of piperazine rings is 1. The second-order valence-corrected chi connectivity index (χ2v) is 7.05. The molecule has 0 radical (unpaired) electrons. The predicted molar refractivity (Wildman–Crippen MR) is 105 cm³/mol. The van der Waals surface area contributed by atoms with Crippen molar-refractivity contribution in [1.82, 2.24) is 4.90 Å². The van der Waals surface area contributed by atoms with Gasteiger partial charge in [-0.2, -0.15) is 0 Å². The zero-order chi connectivity index (χ0) is 17.1. The van der Waals surface area contributed by atoms with Crippen LogP contribution >= 0.6 is 34.2 Å². The molecule has 24 heavy (non-hydrogen) atoms. The van der Waals surface area contributed by atoms with E-state index in [4.69, 9.17) is 22.1 Å². The molecule has 5 nitrogen and oxygen atoms in total. The lowest BCUT2D eigenvalue weighted by molar-refractivity contribution is 0.149. The number of nitrogen functional groups attached to an aromatic ring is 1. The van der Waals surface area contributed by atoms with Gasteiger partial charge in [-0.25, -0.2) is 4.79 Å². The minimum atomic E-state index is -0.363. The Balaban J connectivity index is 1.60. The Morgan fingerprint density at radius 3 is 2.38 bits per heavy atom. The highest BCUT2D eigenvalue weighted by Gasteiger charge is 2.24. The summed E-state index contributed by atoms with van der Waals surface area (Å²) in [6.07, 6.45) is -0.363. The number of hydrogen-bond donors (Lipinski definition) is 1. The molecule has 0 bridgehead atoms. The largest absolute Gasteiger partial charge is 0.415 e. The number of carbonyl (C=O) groups is 1. The molecular weight excluding hydrogens is 441 g/mol. The second kappa shape index (κ2) is 7.48. The summed E-state index contributed by atoms with van der Waals surface area (Å²) in [7, 11) is 0. The Morgan fingerprint density at radius 2 is 1.75 bits per heavy atom. The number of nitrogens with two attached hydrogens (primary N) is 1. The monoisotopic (exact) mass is 457 g/mol. The normalized spacial score (nSPS) is 14.6. The number of para-hydroxylation sites is 1. The number of amides is 1. The van der Waals surface area contributed by atoms with Gasteiger partial charge in [-0.15, -0.1) is 0 Å². The van der Waals surface area contributed by atoms with Gasteiger partial charge in [0.25, 0.3) is 0 Å². The fourth-order valence-electron chi connectivity index (χ4n) is 2.56. The van der Waals surface area contributed by atoms with Crippen molar-refractivity contribution >= 4 is 51.7 Å². The first kappa shape index (κ1) is 17.2. The third-order valence-electron chi connectivity index (χ3n) is 3.90. The number of benzene rings is 2. The van der Waals surface area contributed by atoms with Crippen LogP contribution in [-0.4, -0.2) is 37.2 Å². The summed E-state index contributed by atoms with van der Waals surface area (Å²) in [5.41, 5.74) is 7.57. The van der Waals surface area contributed by atoms with Gasteiger partial charge in [0.2, 0.25) is 0 Å². The van der Waals surface area contributed by atoms with Crippen LogP contribution in [0.3, 0.4) is 0 Å². The number of carbonyl (C=O) groups excluding carboxylic acids is 1. The van der Waals surface area contributed by atoms with Crippen LogP contribution in [0, 0.1) is 3.57 Å². The molecule has 1 amide bonds. The highest BCUT2D eigenvalue weighted by Crippen LogP contribution is 2.30. The maximum absolute atomic E-state index is 12.4. The summed E-state index contributed by atoms with van der Waals surface area (Å²) in [5, 5.41) is 0.441. The Hall–Kier alpha value is -1.67. The van der Waals surface area contributed by atoms with E-state index in [-0.39, 0.29) is 6.09 Å². The first-order valence-electron chi connectivity index (χ1n) is 7.56. The zero-order valence-electron chi connectivity index (χ0n) is 12.9. The molecule has 1 heterocycles. The fraction of sp³-hybridized carbons (Fsp3) is 0.235. The van der Waals surface area contributed by atoms with Gasteiger partial charge >= 0.3 is 6.09 Å².